The number of carbonyl (C=O) groups excluding carboxylic acids is 1. The second-order valence-electron chi connectivity index (χ2n) is 4.78. The van der Waals surface area contributed by atoms with Crippen molar-refractivity contribution in [1.82, 2.24) is 19.7 Å². The van der Waals surface area contributed by atoms with Crippen LogP contribution in [0, 0.1) is 5.92 Å². The van der Waals surface area contributed by atoms with Crippen LogP contribution in [0.1, 0.15) is 36.3 Å². The molecule has 2 aromatic heterocycles. The highest BCUT2D eigenvalue weighted by Crippen LogP contribution is 2.40. The van der Waals surface area contributed by atoms with Gasteiger partial charge >= 0.3 is 0 Å². The van der Waals surface area contributed by atoms with Gasteiger partial charge < -0.3 is 5.32 Å². The van der Waals surface area contributed by atoms with Crippen molar-refractivity contribution in [3.8, 4) is 0 Å². The smallest absolute Gasteiger partial charge is 0.277 e. The molecule has 19 heavy (non-hydrogen) atoms. The normalized spacial score (nSPS) is 16.1. The third-order valence-electron chi connectivity index (χ3n) is 3.40. The lowest BCUT2D eigenvalue weighted by Gasteiger charge is -2.15. The van der Waals surface area contributed by atoms with Crippen molar-refractivity contribution >= 4 is 11.7 Å². The number of hydrogen-bond acceptors (Lipinski definition) is 4. The third kappa shape index (κ3) is 2.47. The quantitative estimate of drug-likeness (QED) is 0.907. The Balaban J connectivity index is 1.77. The third-order valence-corrected chi connectivity index (χ3v) is 3.40. The van der Waals surface area contributed by atoms with E-state index in [9.17, 15) is 4.79 Å². The molecule has 6 nitrogen and oxygen atoms in total. The van der Waals surface area contributed by atoms with E-state index in [4.69, 9.17) is 0 Å². The van der Waals surface area contributed by atoms with Crippen LogP contribution < -0.4 is 5.32 Å². The molecule has 1 N–H and O–H groups in total. The number of anilines is 1. The molecule has 3 rings (SSSR count). The van der Waals surface area contributed by atoms with Gasteiger partial charge in [0, 0.05) is 18.5 Å². The first-order valence-corrected chi connectivity index (χ1v) is 6.36. The molecule has 1 aliphatic rings. The lowest BCUT2D eigenvalue weighted by molar-refractivity contribution is 0.102. The van der Waals surface area contributed by atoms with Gasteiger partial charge in [-0.15, -0.1) is 0 Å². The van der Waals surface area contributed by atoms with E-state index in [2.05, 4.69) is 27.3 Å². The van der Waals surface area contributed by atoms with Crippen LogP contribution in [-0.2, 0) is 0 Å². The van der Waals surface area contributed by atoms with Crippen molar-refractivity contribution < 1.29 is 4.79 Å². The predicted octanol–water partition coefficient (Wildman–Crippen LogP) is 1.90. The lowest BCUT2D eigenvalue weighted by Crippen LogP contribution is -2.19. The SMILES string of the molecule is CC(C1CC1)n1nccc1NC(=O)c1cnccn1. The zero-order chi connectivity index (χ0) is 13.2. The van der Waals surface area contributed by atoms with Crippen molar-refractivity contribution in [2.75, 3.05) is 5.32 Å². The maximum absolute atomic E-state index is 12.0. The zero-order valence-electron chi connectivity index (χ0n) is 10.7. The predicted molar refractivity (Wildman–Crippen MR) is 69.6 cm³/mol. The van der Waals surface area contributed by atoms with Crippen LogP contribution in [0.4, 0.5) is 5.82 Å². The fraction of sp³-hybridized carbons (Fsp3) is 0.385. The number of nitrogens with zero attached hydrogens (tertiary/aromatic N) is 4. The highest BCUT2D eigenvalue weighted by molar-refractivity contribution is 6.02. The van der Waals surface area contributed by atoms with E-state index in [0.717, 1.165) is 0 Å². The van der Waals surface area contributed by atoms with Gasteiger partial charge in [-0.2, -0.15) is 5.10 Å². The molecule has 0 radical (unpaired) electrons. The number of aromatic nitrogens is 4. The molecule has 0 spiro atoms. The van der Waals surface area contributed by atoms with E-state index in [0.29, 0.717) is 23.5 Å². The number of hydrogen-bond donors (Lipinski definition) is 1. The summed E-state index contributed by atoms with van der Waals surface area (Å²) in [5, 5.41) is 7.12. The molecule has 6 heteroatoms. The van der Waals surface area contributed by atoms with Gasteiger partial charge in [0.15, 0.2) is 0 Å². The Morgan fingerprint density at radius 2 is 2.26 bits per heavy atom. The molecule has 2 heterocycles. The Kier molecular flexibility index (Phi) is 2.98. The molecule has 1 aliphatic carbocycles. The van der Waals surface area contributed by atoms with E-state index < -0.39 is 0 Å². The molecular formula is C13H15N5O. The minimum Gasteiger partial charge on any atom is -0.305 e. The summed E-state index contributed by atoms with van der Waals surface area (Å²) in [6.07, 6.45) is 8.65. The van der Waals surface area contributed by atoms with E-state index in [1.807, 2.05) is 4.68 Å². The minimum absolute atomic E-state index is 0.266. The van der Waals surface area contributed by atoms with E-state index >= 15 is 0 Å². The average molecular weight is 257 g/mol. The molecule has 1 amide bonds. The summed E-state index contributed by atoms with van der Waals surface area (Å²) in [7, 11) is 0. The Labute approximate surface area is 110 Å². The summed E-state index contributed by atoms with van der Waals surface area (Å²) in [6.45, 7) is 2.13. The fourth-order valence-corrected chi connectivity index (χ4v) is 2.11. The first kappa shape index (κ1) is 11.8. The Bertz CT molecular complexity index is 576. The summed E-state index contributed by atoms with van der Waals surface area (Å²) in [5.41, 5.74) is 0.300. The van der Waals surface area contributed by atoms with Gasteiger partial charge in [-0.1, -0.05) is 0 Å². The zero-order valence-corrected chi connectivity index (χ0v) is 10.7. The molecule has 0 saturated heterocycles. The summed E-state index contributed by atoms with van der Waals surface area (Å²) in [5.74, 6) is 1.11. The van der Waals surface area contributed by atoms with Crippen LogP contribution in [0.3, 0.4) is 0 Å². The number of carbonyl (C=O) groups is 1. The molecule has 0 aliphatic heterocycles. The topological polar surface area (TPSA) is 72.7 Å². The van der Waals surface area contributed by atoms with Crippen molar-refractivity contribution in [2.24, 2.45) is 5.92 Å². The van der Waals surface area contributed by atoms with E-state index in [1.165, 1.54) is 31.4 Å². The lowest BCUT2D eigenvalue weighted by atomic mass is 10.2. The molecular weight excluding hydrogens is 242 g/mol. The molecule has 1 saturated carbocycles. The van der Waals surface area contributed by atoms with E-state index in [1.54, 1.807) is 12.3 Å². The van der Waals surface area contributed by atoms with Crippen LogP contribution in [0.5, 0.6) is 0 Å². The Morgan fingerprint density at radius 1 is 1.42 bits per heavy atom. The summed E-state index contributed by atoms with van der Waals surface area (Å²) < 4.78 is 1.87. The fourth-order valence-electron chi connectivity index (χ4n) is 2.11. The van der Waals surface area contributed by atoms with Gasteiger partial charge in [0.1, 0.15) is 11.5 Å². The van der Waals surface area contributed by atoms with Gasteiger partial charge in [0.05, 0.1) is 18.4 Å². The summed E-state index contributed by atoms with van der Waals surface area (Å²) >= 11 is 0. The highest BCUT2D eigenvalue weighted by atomic mass is 16.2. The average Bonchev–Trinajstić information content (AvgIpc) is 3.19. The molecule has 1 atom stereocenters. The molecule has 1 fully saturated rings. The van der Waals surface area contributed by atoms with Crippen LogP contribution >= 0.6 is 0 Å². The van der Waals surface area contributed by atoms with Gasteiger partial charge in [0.25, 0.3) is 5.91 Å². The molecule has 0 aromatic carbocycles. The largest absolute Gasteiger partial charge is 0.305 e. The number of amides is 1. The van der Waals surface area contributed by atoms with Crippen molar-refractivity contribution in [3.63, 3.8) is 0 Å². The van der Waals surface area contributed by atoms with E-state index in [-0.39, 0.29) is 5.91 Å². The standard InChI is InChI=1S/C13H15N5O/c1-9(10-2-3-10)18-12(4-5-16-18)17-13(19)11-8-14-6-7-15-11/h4-10H,2-3H2,1H3,(H,17,19). The van der Waals surface area contributed by atoms with Crippen LogP contribution in [0.25, 0.3) is 0 Å². The van der Waals surface area contributed by atoms with Gasteiger partial charge in [-0.05, 0) is 25.7 Å². The second-order valence-corrected chi connectivity index (χ2v) is 4.78. The minimum atomic E-state index is -0.266. The first-order valence-electron chi connectivity index (χ1n) is 6.36. The van der Waals surface area contributed by atoms with Gasteiger partial charge in [-0.25, -0.2) is 9.67 Å². The maximum atomic E-state index is 12.0. The van der Waals surface area contributed by atoms with Gasteiger partial charge in [-0.3, -0.25) is 9.78 Å². The van der Waals surface area contributed by atoms with Crippen LogP contribution in [0.2, 0.25) is 0 Å². The summed E-state index contributed by atoms with van der Waals surface area (Å²) in [6, 6.07) is 2.11. The van der Waals surface area contributed by atoms with Crippen molar-refractivity contribution in [1.29, 1.82) is 0 Å². The molecule has 2 aromatic rings. The monoisotopic (exact) mass is 257 g/mol. The molecule has 1 unspecified atom stereocenters. The highest BCUT2D eigenvalue weighted by Gasteiger charge is 2.30. The first-order chi connectivity index (χ1) is 9.25. The van der Waals surface area contributed by atoms with Crippen LogP contribution in [-0.4, -0.2) is 25.7 Å². The number of nitrogens with one attached hydrogen (secondary N) is 1. The Morgan fingerprint density at radius 3 is 2.95 bits per heavy atom. The second kappa shape index (κ2) is 4.79. The van der Waals surface area contributed by atoms with Crippen LogP contribution in [0.15, 0.2) is 30.9 Å². The van der Waals surface area contributed by atoms with Crippen molar-refractivity contribution in [2.45, 2.75) is 25.8 Å². The molecule has 98 valence electrons. The maximum Gasteiger partial charge on any atom is 0.277 e. The van der Waals surface area contributed by atoms with Gasteiger partial charge in [0.2, 0.25) is 0 Å². The Hall–Kier alpha value is -2.24. The number of rotatable bonds is 4. The van der Waals surface area contributed by atoms with Crippen molar-refractivity contribution in [3.05, 3.63) is 36.5 Å². The summed E-state index contributed by atoms with van der Waals surface area (Å²) in [4.78, 5) is 19.9. The molecule has 0 bridgehead atoms.